The van der Waals surface area contributed by atoms with E-state index in [4.69, 9.17) is 9.97 Å². The highest BCUT2D eigenvalue weighted by Crippen LogP contribution is 2.39. The standard InChI is InChI=1S/C56H34N4/c1-2-13-38-33-53-49(32-37(38)12-1)47-30-28-42(60-51-19-9-6-15-45(51)46-16-7-10-20-52(46)60)34-54(47)59(53)41-26-23-36(24-27-41)55-48-17-5-8-18-50(48)57-56(58-55)40-25-29-44-39(31-40)22-21-35-11-3-4-14-43(35)44/h1-34H. The van der Waals surface area contributed by atoms with E-state index in [9.17, 15) is 0 Å². The van der Waals surface area contributed by atoms with E-state index >= 15 is 0 Å². The molecule has 0 atom stereocenters. The van der Waals surface area contributed by atoms with Gasteiger partial charge in [0, 0.05) is 49.4 Å². The minimum atomic E-state index is 0.717. The third-order valence-electron chi connectivity index (χ3n) is 12.5. The summed E-state index contributed by atoms with van der Waals surface area (Å²) in [5.41, 5.74) is 10.8. The van der Waals surface area contributed by atoms with Crippen molar-refractivity contribution in [1.29, 1.82) is 0 Å². The number of para-hydroxylation sites is 3. The molecule has 60 heavy (non-hydrogen) atoms. The highest BCUT2D eigenvalue weighted by Gasteiger charge is 2.18. The van der Waals surface area contributed by atoms with E-state index in [0.29, 0.717) is 0 Å². The van der Waals surface area contributed by atoms with Crippen LogP contribution in [0.3, 0.4) is 0 Å². The molecule has 3 heterocycles. The molecule has 0 N–H and O–H groups in total. The third kappa shape index (κ3) is 4.91. The summed E-state index contributed by atoms with van der Waals surface area (Å²) in [7, 11) is 0. The lowest BCUT2D eigenvalue weighted by Gasteiger charge is -2.13. The van der Waals surface area contributed by atoms with Crippen molar-refractivity contribution < 1.29 is 0 Å². The summed E-state index contributed by atoms with van der Waals surface area (Å²) in [6, 6.07) is 74.5. The lowest BCUT2D eigenvalue weighted by atomic mass is 9.99. The van der Waals surface area contributed by atoms with Crippen molar-refractivity contribution in [3.63, 3.8) is 0 Å². The van der Waals surface area contributed by atoms with Crippen LogP contribution in [0.5, 0.6) is 0 Å². The summed E-state index contributed by atoms with van der Waals surface area (Å²) >= 11 is 0. The molecule has 0 aliphatic rings. The van der Waals surface area contributed by atoms with Crippen molar-refractivity contribution in [3.8, 4) is 34.0 Å². The Balaban J connectivity index is 0.990. The van der Waals surface area contributed by atoms with Gasteiger partial charge in [0.05, 0.1) is 33.3 Å². The summed E-state index contributed by atoms with van der Waals surface area (Å²) in [6.45, 7) is 0. The van der Waals surface area contributed by atoms with Crippen LogP contribution in [-0.2, 0) is 0 Å². The van der Waals surface area contributed by atoms with Gasteiger partial charge < -0.3 is 9.13 Å². The van der Waals surface area contributed by atoms with Gasteiger partial charge in [0.2, 0.25) is 0 Å². The zero-order valence-corrected chi connectivity index (χ0v) is 32.4. The number of aromatic nitrogens is 4. The Labute approximate surface area is 344 Å². The van der Waals surface area contributed by atoms with Crippen LogP contribution in [0.1, 0.15) is 0 Å². The number of rotatable bonds is 4. The Morgan fingerprint density at radius 3 is 1.60 bits per heavy atom. The zero-order chi connectivity index (χ0) is 39.3. The third-order valence-corrected chi connectivity index (χ3v) is 12.5. The number of hydrogen-bond donors (Lipinski definition) is 0. The van der Waals surface area contributed by atoms with E-state index in [1.807, 2.05) is 0 Å². The summed E-state index contributed by atoms with van der Waals surface area (Å²) in [6.07, 6.45) is 0. The lowest BCUT2D eigenvalue weighted by Crippen LogP contribution is -1.98. The molecule has 0 unspecified atom stereocenters. The molecule has 0 saturated heterocycles. The normalized spacial score (nSPS) is 12.0. The van der Waals surface area contributed by atoms with E-state index in [1.54, 1.807) is 0 Å². The topological polar surface area (TPSA) is 35.6 Å². The Hall–Kier alpha value is -8.08. The maximum absolute atomic E-state index is 5.31. The number of benzene rings is 10. The second-order valence-electron chi connectivity index (χ2n) is 15.8. The maximum Gasteiger partial charge on any atom is 0.160 e. The van der Waals surface area contributed by atoms with Crippen LogP contribution in [-0.4, -0.2) is 19.1 Å². The van der Waals surface area contributed by atoms with Gasteiger partial charge in [-0.3, -0.25) is 0 Å². The monoisotopic (exact) mass is 762 g/mol. The summed E-state index contributed by atoms with van der Waals surface area (Å²) in [5, 5.41) is 13.3. The number of nitrogens with zero attached hydrogens (tertiary/aromatic N) is 4. The Kier molecular flexibility index (Phi) is 6.98. The fourth-order valence-electron chi connectivity index (χ4n) is 9.66. The second-order valence-corrected chi connectivity index (χ2v) is 15.8. The molecule has 13 aromatic rings. The number of hydrogen-bond acceptors (Lipinski definition) is 2. The van der Waals surface area contributed by atoms with Crippen molar-refractivity contribution in [2.45, 2.75) is 0 Å². The minimum absolute atomic E-state index is 0.717. The first-order chi connectivity index (χ1) is 29.7. The molecule has 3 aromatic heterocycles. The summed E-state index contributed by atoms with van der Waals surface area (Å²) in [4.78, 5) is 10.4. The number of fused-ring (bicyclic) bond motifs is 11. The van der Waals surface area contributed by atoms with Gasteiger partial charge >= 0.3 is 0 Å². The average molecular weight is 763 g/mol. The van der Waals surface area contributed by atoms with Crippen LogP contribution in [0.25, 0.3) is 121 Å². The van der Waals surface area contributed by atoms with E-state index in [-0.39, 0.29) is 0 Å². The quantitative estimate of drug-likeness (QED) is 0.167. The molecule has 0 aliphatic carbocycles. The van der Waals surface area contributed by atoms with Crippen LogP contribution >= 0.6 is 0 Å². The highest BCUT2D eigenvalue weighted by atomic mass is 15.0. The largest absolute Gasteiger partial charge is 0.309 e. The van der Waals surface area contributed by atoms with Crippen molar-refractivity contribution in [1.82, 2.24) is 19.1 Å². The van der Waals surface area contributed by atoms with Gasteiger partial charge in [-0.05, 0) is 93.0 Å². The molecule has 278 valence electrons. The molecule has 0 bridgehead atoms. The van der Waals surface area contributed by atoms with Gasteiger partial charge in [-0.15, -0.1) is 0 Å². The highest BCUT2D eigenvalue weighted by molar-refractivity contribution is 6.15. The smallest absolute Gasteiger partial charge is 0.160 e. The SMILES string of the molecule is c1ccc2cc3c(cc2c1)c1ccc(-n2c4ccccc4c4ccccc42)cc1n3-c1ccc(-c2nc(-c3ccc4c(ccc5ccccc54)c3)nc3ccccc23)cc1. The van der Waals surface area contributed by atoms with Crippen LogP contribution in [0, 0.1) is 0 Å². The molecule has 4 heteroatoms. The molecule has 0 aliphatic heterocycles. The Morgan fingerprint density at radius 1 is 0.283 bits per heavy atom. The Morgan fingerprint density at radius 2 is 0.817 bits per heavy atom. The fourth-order valence-corrected chi connectivity index (χ4v) is 9.66. The molecule has 0 fully saturated rings. The molecule has 0 saturated carbocycles. The van der Waals surface area contributed by atoms with E-state index in [0.717, 1.165) is 50.4 Å². The minimum Gasteiger partial charge on any atom is -0.309 e. The summed E-state index contributed by atoms with van der Waals surface area (Å²) < 4.78 is 4.84. The first-order valence-corrected chi connectivity index (χ1v) is 20.5. The maximum atomic E-state index is 5.31. The van der Waals surface area contributed by atoms with Gasteiger partial charge in [0.15, 0.2) is 5.82 Å². The van der Waals surface area contributed by atoms with Crippen LogP contribution in [0.4, 0.5) is 0 Å². The van der Waals surface area contributed by atoms with Crippen LogP contribution < -0.4 is 0 Å². The molecule has 0 spiro atoms. The average Bonchev–Trinajstić information content (AvgIpc) is 3.82. The Bertz CT molecular complexity index is 3840. The first kappa shape index (κ1) is 32.9. The molecular weight excluding hydrogens is 729 g/mol. The van der Waals surface area contributed by atoms with E-state index < -0.39 is 0 Å². The summed E-state index contributed by atoms with van der Waals surface area (Å²) in [5.74, 6) is 0.717. The van der Waals surface area contributed by atoms with Gasteiger partial charge in [0.1, 0.15) is 0 Å². The van der Waals surface area contributed by atoms with E-state index in [2.05, 4.69) is 215 Å². The first-order valence-electron chi connectivity index (χ1n) is 20.5. The lowest BCUT2D eigenvalue weighted by molar-refractivity contribution is 1.15. The van der Waals surface area contributed by atoms with Gasteiger partial charge in [-0.25, -0.2) is 9.97 Å². The van der Waals surface area contributed by atoms with Crippen LogP contribution in [0.15, 0.2) is 206 Å². The second kappa shape index (κ2) is 12.7. The van der Waals surface area contributed by atoms with E-state index in [1.165, 1.54) is 70.4 Å². The van der Waals surface area contributed by atoms with Gasteiger partial charge in [-0.2, -0.15) is 0 Å². The molecule has 0 radical (unpaired) electrons. The van der Waals surface area contributed by atoms with Crippen LogP contribution in [0.2, 0.25) is 0 Å². The molecule has 10 aromatic carbocycles. The zero-order valence-electron chi connectivity index (χ0n) is 32.4. The van der Waals surface area contributed by atoms with Crippen molar-refractivity contribution in [2.24, 2.45) is 0 Å². The van der Waals surface area contributed by atoms with Crippen molar-refractivity contribution in [2.75, 3.05) is 0 Å². The van der Waals surface area contributed by atoms with Gasteiger partial charge in [-0.1, -0.05) is 146 Å². The molecule has 0 amide bonds. The molecule has 4 nitrogen and oxygen atoms in total. The molecular formula is C56H34N4. The van der Waals surface area contributed by atoms with Crippen molar-refractivity contribution in [3.05, 3.63) is 206 Å². The predicted octanol–water partition coefficient (Wildman–Crippen LogP) is 14.6. The predicted molar refractivity (Wildman–Crippen MR) is 252 cm³/mol. The molecule has 13 rings (SSSR count). The van der Waals surface area contributed by atoms with Gasteiger partial charge in [0.25, 0.3) is 0 Å². The fraction of sp³-hybridized carbons (Fsp3) is 0. The van der Waals surface area contributed by atoms with Crippen molar-refractivity contribution >= 4 is 86.8 Å².